The highest BCUT2D eigenvalue weighted by Crippen LogP contribution is 2.42. The second-order valence-corrected chi connectivity index (χ2v) is 24.0. The summed E-state index contributed by atoms with van der Waals surface area (Å²) in [6.07, 6.45) is 2.74. The Morgan fingerprint density at radius 3 is 2.08 bits per heavy atom. The number of ketones is 1. The van der Waals surface area contributed by atoms with Gasteiger partial charge in [-0.2, -0.15) is 0 Å². The van der Waals surface area contributed by atoms with Gasteiger partial charge in [0.15, 0.2) is 22.4 Å². The predicted octanol–water partition coefficient (Wildman–Crippen LogP) is 8.84. The van der Waals surface area contributed by atoms with Gasteiger partial charge in [0.1, 0.15) is 6.61 Å². The van der Waals surface area contributed by atoms with Crippen LogP contribution in [0.1, 0.15) is 87.1 Å². The van der Waals surface area contributed by atoms with Gasteiger partial charge in [-0.3, -0.25) is 9.69 Å². The Bertz CT molecular complexity index is 977. The molecule has 0 N–H and O–H groups in total. The van der Waals surface area contributed by atoms with E-state index in [-0.39, 0.29) is 29.9 Å². The molecule has 8 heteroatoms. The van der Waals surface area contributed by atoms with Gasteiger partial charge in [0.25, 0.3) is 0 Å². The Balaban J connectivity index is 2.23. The molecule has 0 fully saturated rings. The molecule has 0 aromatic heterocycles. The average Bonchev–Trinajstić information content (AvgIpc) is 2.85. The number of nitrogens with zero attached hydrogens (tertiary/aromatic N) is 1. The van der Waals surface area contributed by atoms with Gasteiger partial charge in [0.2, 0.25) is 0 Å². The van der Waals surface area contributed by atoms with E-state index < -0.39 is 22.7 Å². The summed E-state index contributed by atoms with van der Waals surface area (Å²) in [5, 5.41) is 0.0277. The maximum absolute atomic E-state index is 13.6. The van der Waals surface area contributed by atoms with Gasteiger partial charge in [-0.15, -0.1) is 0 Å². The highest BCUT2D eigenvalue weighted by molar-refractivity contribution is 6.77. The summed E-state index contributed by atoms with van der Waals surface area (Å²) >= 11 is 0. The monoisotopic (exact) mass is 589 g/mol. The number of hydrogen-bond acceptors (Lipinski definition) is 5. The highest BCUT2D eigenvalue weighted by atomic mass is 28.4. The normalized spacial score (nSPS) is 17.1. The summed E-state index contributed by atoms with van der Waals surface area (Å²) in [6.45, 7) is 25.8. The van der Waals surface area contributed by atoms with E-state index in [1.807, 2.05) is 30.3 Å². The first-order valence-corrected chi connectivity index (χ1v) is 20.1. The number of hydrogen-bond donors (Lipinski definition) is 0. The highest BCUT2D eigenvalue weighted by Gasteiger charge is 2.45. The number of amides is 1. The lowest BCUT2D eigenvalue weighted by molar-refractivity contribution is -0.116. The molecule has 0 unspecified atom stereocenters. The smallest absolute Gasteiger partial charge is 0.414 e. The van der Waals surface area contributed by atoms with Crippen molar-refractivity contribution in [2.24, 2.45) is 0 Å². The third-order valence-corrected chi connectivity index (χ3v) is 19.5. The molecule has 40 heavy (non-hydrogen) atoms. The summed E-state index contributed by atoms with van der Waals surface area (Å²) in [5.41, 5.74) is 3.14. The maximum atomic E-state index is 13.6. The minimum absolute atomic E-state index is 0.0277. The van der Waals surface area contributed by atoms with Crippen LogP contribution < -0.4 is 0 Å². The van der Waals surface area contributed by atoms with Crippen molar-refractivity contribution in [1.29, 1.82) is 0 Å². The van der Waals surface area contributed by atoms with E-state index >= 15 is 0 Å². The van der Waals surface area contributed by atoms with Gasteiger partial charge >= 0.3 is 6.09 Å². The summed E-state index contributed by atoms with van der Waals surface area (Å²) in [4.78, 5) is 28.1. The van der Waals surface area contributed by atoms with E-state index in [2.05, 4.69) is 75.4 Å². The van der Waals surface area contributed by atoms with Crippen LogP contribution in [-0.2, 0) is 25.0 Å². The Morgan fingerprint density at radius 2 is 1.55 bits per heavy atom. The summed E-state index contributed by atoms with van der Waals surface area (Å²) in [7, 11) is -4.07. The first-order valence-electron chi connectivity index (χ1n) is 15.0. The molecule has 2 rings (SSSR count). The van der Waals surface area contributed by atoms with Crippen LogP contribution in [0.15, 0.2) is 42.1 Å². The van der Waals surface area contributed by atoms with Gasteiger partial charge in [0.05, 0.1) is 12.6 Å². The third kappa shape index (κ3) is 8.63. The average molecular weight is 590 g/mol. The molecular weight excluding hydrogens is 535 g/mol. The van der Waals surface area contributed by atoms with E-state index in [0.29, 0.717) is 42.0 Å². The molecule has 1 heterocycles. The van der Waals surface area contributed by atoms with Crippen LogP contribution in [0, 0.1) is 0 Å². The molecule has 1 amide bonds. The number of carbonyl (C=O) groups is 2. The fraction of sp³-hybridized carbons (Fsp3) is 0.688. The SMILES string of the molecule is CC(C)[Si](OCCCC1=CC(=O)C[C@H](CO[Si](C)(C)C(C)(C)C)N1C(=O)OCc1ccccc1)(C(C)C)C(C)C. The topological polar surface area (TPSA) is 65.1 Å². The van der Waals surface area contributed by atoms with E-state index in [1.165, 1.54) is 0 Å². The fourth-order valence-electron chi connectivity index (χ4n) is 5.78. The second-order valence-electron chi connectivity index (χ2n) is 13.7. The van der Waals surface area contributed by atoms with Crippen molar-refractivity contribution in [3.8, 4) is 0 Å². The molecule has 1 aliphatic rings. The van der Waals surface area contributed by atoms with E-state index in [9.17, 15) is 9.59 Å². The quantitative estimate of drug-likeness (QED) is 0.170. The van der Waals surface area contributed by atoms with Crippen molar-refractivity contribution < 1.29 is 23.2 Å². The lowest BCUT2D eigenvalue weighted by Gasteiger charge is -2.42. The molecule has 0 aliphatic carbocycles. The Kier molecular flexibility index (Phi) is 12.4. The maximum Gasteiger partial charge on any atom is 0.414 e. The van der Waals surface area contributed by atoms with Crippen LogP contribution in [0.2, 0.25) is 34.8 Å². The Hall–Kier alpha value is -1.75. The minimum Gasteiger partial charge on any atom is -0.444 e. The first-order chi connectivity index (χ1) is 18.5. The van der Waals surface area contributed by atoms with Crippen LogP contribution in [-0.4, -0.2) is 52.7 Å². The van der Waals surface area contributed by atoms with E-state index in [0.717, 1.165) is 12.0 Å². The lowest BCUT2D eigenvalue weighted by Crippen LogP contribution is -2.50. The van der Waals surface area contributed by atoms with Crippen LogP contribution in [0.4, 0.5) is 4.79 Å². The van der Waals surface area contributed by atoms with Crippen molar-refractivity contribution in [3.63, 3.8) is 0 Å². The van der Waals surface area contributed by atoms with Crippen molar-refractivity contribution in [2.45, 2.75) is 129 Å². The van der Waals surface area contributed by atoms with Crippen molar-refractivity contribution in [3.05, 3.63) is 47.7 Å². The zero-order valence-corrected chi connectivity index (χ0v) is 29.0. The van der Waals surface area contributed by atoms with Gasteiger partial charge in [-0.1, -0.05) is 92.6 Å². The molecule has 226 valence electrons. The molecule has 6 nitrogen and oxygen atoms in total. The Morgan fingerprint density at radius 1 is 0.975 bits per heavy atom. The molecule has 1 aromatic rings. The van der Waals surface area contributed by atoms with Gasteiger partial charge in [-0.25, -0.2) is 4.79 Å². The van der Waals surface area contributed by atoms with Crippen LogP contribution in [0.25, 0.3) is 0 Å². The number of benzene rings is 1. The molecule has 0 saturated heterocycles. The zero-order valence-electron chi connectivity index (χ0n) is 27.0. The molecule has 0 bridgehead atoms. The Labute approximate surface area is 246 Å². The first kappa shape index (κ1) is 34.5. The number of allylic oxidation sites excluding steroid dienone is 2. The largest absolute Gasteiger partial charge is 0.444 e. The van der Waals surface area contributed by atoms with E-state index in [4.69, 9.17) is 13.6 Å². The molecular formula is C32H55NO5Si2. The van der Waals surface area contributed by atoms with Crippen LogP contribution in [0.3, 0.4) is 0 Å². The molecule has 0 radical (unpaired) electrons. The second kappa shape index (κ2) is 14.4. The molecule has 1 aromatic carbocycles. The van der Waals surface area contributed by atoms with Crippen molar-refractivity contribution in [2.75, 3.05) is 13.2 Å². The lowest BCUT2D eigenvalue weighted by atomic mass is 10.0. The molecule has 1 atom stereocenters. The van der Waals surface area contributed by atoms with E-state index in [1.54, 1.807) is 11.0 Å². The molecule has 0 saturated carbocycles. The minimum atomic E-state index is -2.08. The summed E-state index contributed by atoms with van der Waals surface area (Å²) in [6, 6.07) is 9.29. The van der Waals surface area contributed by atoms with Gasteiger partial charge in [-0.05, 0) is 53.2 Å². The predicted molar refractivity (Wildman–Crippen MR) is 169 cm³/mol. The van der Waals surface area contributed by atoms with Crippen LogP contribution >= 0.6 is 0 Å². The number of rotatable bonds is 13. The molecule has 1 aliphatic heterocycles. The standard InChI is InChI=1S/C32H55NO5Si2/c1-24(2)40(25(3)4,26(5)6)37-19-15-18-28-20-30(34)21-29(23-38-39(10,11)32(7,8)9)33(28)31(35)36-22-27-16-13-12-14-17-27/h12-14,16-17,20,24-26,29H,15,18-19,21-23H2,1-11H3/t29-/m1/s1. The van der Waals surface area contributed by atoms with Gasteiger partial charge < -0.3 is 13.6 Å². The zero-order chi connectivity index (χ0) is 30.3. The molecule has 0 spiro atoms. The summed E-state index contributed by atoms with van der Waals surface area (Å²) < 4.78 is 19.1. The number of ether oxygens (including phenoxy) is 1. The van der Waals surface area contributed by atoms with Gasteiger partial charge in [0, 0.05) is 24.8 Å². The fourth-order valence-corrected chi connectivity index (χ4v) is 12.3. The van der Waals surface area contributed by atoms with Crippen molar-refractivity contribution >= 4 is 28.5 Å². The van der Waals surface area contributed by atoms with Crippen molar-refractivity contribution in [1.82, 2.24) is 4.90 Å². The summed E-state index contributed by atoms with van der Waals surface area (Å²) in [5.74, 6) is 0.0297. The number of carbonyl (C=O) groups excluding carboxylic acids is 2. The third-order valence-electron chi connectivity index (χ3n) is 8.92. The van der Waals surface area contributed by atoms with Crippen LogP contribution in [0.5, 0.6) is 0 Å².